The normalized spacial score (nSPS) is 11.1. The van der Waals surface area contributed by atoms with Crippen molar-refractivity contribution in [3.8, 4) is 0 Å². The van der Waals surface area contributed by atoms with Gasteiger partial charge in [-0.15, -0.1) is 0 Å². The number of carbonyl (C=O) groups is 1. The monoisotopic (exact) mass is 346 g/mol. The van der Waals surface area contributed by atoms with Crippen LogP contribution in [0.5, 0.6) is 0 Å². The first-order valence-electron chi connectivity index (χ1n) is 5.26. The first-order valence-corrected chi connectivity index (χ1v) is 7.85. The maximum absolute atomic E-state index is 12.3. The first-order chi connectivity index (χ1) is 9.82. The van der Waals surface area contributed by atoms with Gasteiger partial charge in [-0.2, -0.15) is 8.75 Å². The number of primary amides is 1. The Morgan fingerprint density at radius 1 is 1.24 bits per heavy atom. The number of nitrogens with one attached hydrogen (secondary N) is 1. The third-order valence-corrected chi connectivity index (χ3v) is 4.99. The lowest BCUT2D eigenvalue weighted by atomic mass is 10.3. The summed E-state index contributed by atoms with van der Waals surface area (Å²) < 4.78 is 31.5. The molecule has 2 amide bonds. The van der Waals surface area contributed by atoms with Crippen LogP contribution in [0, 0.1) is 0 Å². The number of rotatable bonds is 3. The Morgan fingerprint density at radius 3 is 2.43 bits per heavy atom. The summed E-state index contributed by atoms with van der Waals surface area (Å²) in [7, 11) is -4.12. The summed E-state index contributed by atoms with van der Waals surface area (Å²) in [6.45, 7) is 0. The van der Waals surface area contributed by atoms with Gasteiger partial charge in [0.2, 0.25) is 14.9 Å². The molecule has 0 saturated carbocycles. The Bertz CT molecular complexity index is 848. The summed E-state index contributed by atoms with van der Waals surface area (Å²) in [5.41, 5.74) is 4.29. The zero-order valence-electron chi connectivity index (χ0n) is 10.1. The van der Waals surface area contributed by atoms with Crippen molar-refractivity contribution in [3.63, 3.8) is 0 Å². The number of halogens is 1. The van der Waals surface area contributed by atoms with Crippen molar-refractivity contribution in [2.24, 2.45) is 5.73 Å². The molecule has 2 rings (SSSR count). The lowest BCUT2D eigenvalue weighted by molar-refractivity contribution is 0.259. The molecule has 0 aliphatic heterocycles. The topological polar surface area (TPSA) is 132 Å². The molecule has 1 aromatic heterocycles. The van der Waals surface area contributed by atoms with E-state index in [4.69, 9.17) is 17.3 Å². The predicted octanol–water partition coefficient (Wildman–Crippen LogP) is 0.875. The Hall–Kier alpha value is -2.04. The number of benzene rings is 1. The second kappa shape index (κ2) is 5.76. The molecular weight excluding hydrogens is 340 g/mol. The van der Waals surface area contributed by atoms with E-state index in [0.717, 1.165) is 0 Å². The van der Waals surface area contributed by atoms with Crippen molar-refractivity contribution < 1.29 is 13.2 Å². The average Bonchev–Trinajstić information content (AvgIpc) is 2.41. The Morgan fingerprint density at radius 2 is 1.86 bits per heavy atom. The van der Waals surface area contributed by atoms with E-state index in [1.807, 2.05) is 0 Å². The summed E-state index contributed by atoms with van der Waals surface area (Å²) >= 11 is 6.03. The quantitative estimate of drug-likeness (QED) is 0.847. The average molecular weight is 347 g/mol. The molecule has 11 heteroatoms. The molecule has 110 valence electrons. The van der Waals surface area contributed by atoms with E-state index in [2.05, 4.69) is 14.1 Å². The van der Waals surface area contributed by atoms with Crippen molar-refractivity contribution in [1.29, 1.82) is 0 Å². The van der Waals surface area contributed by atoms with Crippen LogP contribution in [0.1, 0.15) is 0 Å². The van der Waals surface area contributed by atoms with Crippen molar-refractivity contribution in [2.45, 2.75) is 9.92 Å². The number of amides is 2. The van der Waals surface area contributed by atoms with E-state index < -0.39 is 31.5 Å². The molecule has 1 aromatic carbocycles. The van der Waals surface area contributed by atoms with Gasteiger partial charge in [0.15, 0.2) is 5.15 Å². The maximum atomic E-state index is 12.3. The molecule has 0 fully saturated rings. The van der Waals surface area contributed by atoms with E-state index in [0.29, 0.717) is 17.4 Å². The number of hydrogen-bond donors (Lipinski definition) is 2. The van der Waals surface area contributed by atoms with Crippen LogP contribution >= 0.6 is 23.3 Å². The van der Waals surface area contributed by atoms with Crippen LogP contribution in [-0.2, 0) is 9.84 Å². The Kier molecular flexibility index (Phi) is 4.21. The number of aromatic nitrogens is 2. The van der Waals surface area contributed by atoms with E-state index >= 15 is 0 Å². The third-order valence-electron chi connectivity index (χ3n) is 2.31. The Balaban J connectivity index is 2.47. The number of anilines is 1. The summed E-state index contributed by atoms with van der Waals surface area (Å²) in [6, 6.07) is 4.29. The van der Waals surface area contributed by atoms with Crippen LogP contribution < -0.4 is 16.5 Å². The molecule has 0 saturated heterocycles. The smallest absolute Gasteiger partial charge is 0.316 e. The SMILES string of the molecule is NC(=O)Nc1ccc(S(=O)(=O)c2nsnc(Cl)c2=O)cc1. The van der Waals surface area contributed by atoms with Crippen molar-refractivity contribution in [3.05, 3.63) is 39.6 Å². The number of urea groups is 1. The molecule has 0 unspecified atom stereocenters. The molecule has 8 nitrogen and oxygen atoms in total. The molecule has 2 aromatic rings. The van der Waals surface area contributed by atoms with Gasteiger partial charge >= 0.3 is 6.03 Å². The van der Waals surface area contributed by atoms with Crippen LogP contribution in [-0.4, -0.2) is 23.2 Å². The predicted molar refractivity (Wildman–Crippen MR) is 76.3 cm³/mol. The Labute approximate surface area is 127 Å². The van der Waals surface area contributed by atoms with Gasteiger partial charge in [-0.05, 0) is 24.3 Å². The van der Waals surface area contributed by atoms with Crippen LogP contribution in [0.4, 0.5) is 10.5 Å². The van der Waals surface area contributed by atoms with E-state index in [1.54, 1.807) is 0 Å². The highest BCUT2D eigenvalue weighted by atomic mass is 35.5. The number of nitrogens with zero attached hydrogens (tertiary/aromatic N) is 2. The van der Waals surface area contributed by atoms with E-state index in [-0.39, 0.29) is 4.90 Å². The zero-order valence-corrected chi connectivity index (χ0v) is 12.5. The molecule has 21 heavy (non-hydrogen) atoms. The maximum Gasteiger partial charge on any atom is 0.316 e. The van der Waals surface area contributed by atoms with Crippen LogP contribution in [0.2, 0.25) is 5.15 Å². The van der Waals surface area contributed by atoms with E-state index in [9.17, 15) is 18.0 Å². The minimum Gasteiger partial charge on any atom is -0.351 e. The summed E-state index contributed by atoms with van der Waals surface area (Å²) in [6.07, 6.45) is 0. The largest absolute Gasteiger partial charge is 0.351 e. The summed E-state index contributed by atoms with van der Waals surface area (Å²) in [4.78, 5) is 22.2. The second-order valence-electron chi connectivity index (χ2n) is 3.71. The molecule has 3 N–H and O–H groups in total. The lowest BCUT2D eigenvalue weighted by Crippen LogP contribution is -2.19. The minimum atomic E-state index is -4.12. The van der Waals surface area contributed by atoms with Gasteiger partial charge < -0.3 is 11.1 Å². The van der Waals surface area contributed by atoms with Crippen molar-refractivity contribution in [1.82, 2.24) is 8.75 Å². The van der Waals surface area contributed by atoms with Gasteiger partial charge in [0.05, 0.1) is 16.6 Å². The molecule has 0 bridgehead atoms. The molecule has 1 heterocycles. The van der Waals surface area contributed by atoms with Gasteiger partial charge in [-0.25, -0.2) is 13.2 Å². The summed E-state index contributed by atoms with van der Waals surface area (Å²) in [5.74, 6) is 0. The molecule has 0 atom stereocenters. The fourth-order valence-electron chi connectivity index (χ4n) is 1.41. The highest BCUT2D eigenvalue weighted by molar-refractivity contribution is 7.91. The van der Waals surface area contributed by atoms with Gasteiger partial charge in [0.1, 0.15) is 0 Å². The fourth-order valence-corrected chi connectivity index (χ4v) is 3.55. The third kappa shape index (κ3) is 3.17. The fraction of sp³-hybridized carbons (Fsp3) is 0. The molecule has 0 radical (unpaired) electrons. The number of sulfone groups is 1. The lowest BCUT2D eigenvalue weighted by Gasteiger charge is -2.05. The minimum absolute atomic E-state index is 0.170. The van der Waals surface area contributed by atoms with Gasteiger partial charge in [0, 0.05) is 5.69 Å². The number of hydrogen-bond acceptors (Lipinski definition) is 7. The van der Waals surface area contributed by atoms with Crippen LogP contribution in [0.3, 0.4) is 0 Å². The van der Waals surface area contributed by atoms with Gasteiger partial charge in [0.25, 0.3) is 5.43 Å². The van der Waals surface area contributed by atoms with Crippen molar-refractivity contribution in [2.75, 3.05) is 5.32 Å². The second-order valence-corrected chi connectivity index (χ2v) is 6.46. The standard InChI is InChI=1S/C10H7ClN4O4S2/c11-8-7(16)9(15-20-14-8)21(18,19)6-3-1-5(2-4-6)13-10(12)17/h1-4H,(H3,12,13,17). The van der Waals surface area contributed by atoms with E-state index in [1.165, 1.54) is 24.3 Å². The van der Waals surface area contributed by atoms with Crippen LogP contribution in [0.25, 0.3) is 0 Å². The number of nitrogens with two attached hydrogens (primary N) is 1. The first kappa shape index (κ1) is 15.4. The molecule has 0 aliphatic carbocycles. The van der Waals surface area contributed by atoms with Gasteiger partial charge in [-0.1, -0.05) is 11.6 Å². The highest BCUT2D eigenvalue weighted by Gasteiger charge is 2.24. The molecule has 0 spiro atoms. The molecular formula is C10H7ClN4O4S2. The van der Waals surface area contributed by atoms with Crippen LogP contribution in [0.15, 0.2) is 39.0 Å². The summed E-state index contributed by atoms with van der Waals surface area (Å²) in [5, 5.41) is 1.13. The highest BCUT2D eigenvalue weighted by Crippen LogP contribution is 2.19. The molecule has 0 aliphatic rings. The van der Waals surface area contributed by atoms with Crippen molar-refractivity contribution >= 4 is 44.9 Å². The zero-order chi connectivity index (χ0) is 15.6. The van der Waals surface area contributed by atoms with Gasteiger partial charge in [-0.3, -0.25) is 4.79 Å². The number of carbonyl (C=O) groups excluding carboxylic acids is 1.